The first-order valence-electron chi connectivity index (χ1n) is 3.93. The number of carbonyl (C=O) groups excluding carboxylic acids is 2. The van der Waals surface area contributed by atoms with Gasteiger partial charge >= 0.3 is 0 Å². The smallest absolute Gasteiger partial charge is 0.161 e. The van der Waals surface area contributed by atoms with Gasteiger partial charge in [0.2, 0.25) is 0 Å². The Balaban J connectivity index is 2.93. The lowest BCUT2D eigenvalue weighted by Gasteiger charge is -2.25. The normalized spacial score (nSPS) is 24.5. The Kier molecular flexibility index (Phi) is 2.27. The van der Waals surface area contributed by atoms with Crippen LogP contribution in [0.5, 0.6) is 0 Å². The largest absolute Gasteiger partial charge is 0.299 e. The molecule has 0 aliphatic heterocycles. The van der Waals surface area contributed by atoms with Gasteiger partial charge in [0.15, 0.2) is 5.78 Å². The molecule has 12 heavy (non-hydrogen) atoms. The fraction of sp³-hybridized carbons (Fsp3) is 0.400. The second-order valence-electron chi connectivity index (χ2n) is 3.64. The van der Waals surface area contributed by atoms with E-state index in [0.717, 1.165) is 11.9 Å². The molecule has 0 heterocycles. The maximum absolute atomic E-state index is 11.3. The molecule has 0 fully saturated rings. The van der Waals surface area contributed by atoms with Crippen LogP contribution in [0.15, 0.2) is 23.8 Å². The summed E-state index contributed by atoms with van der Waals surface area (Å²) in [5.74, 6) is 0.130. The van der Waals surface area contributed by atoms with Crippen LogP contribution >= 0.6 is 0 Å². The predicted octanol–water partition coefficient (Wildman–Crippen LogP) is 1.67. The average Bonchev–Trinajstić information content (AvgIpc) is 1.97. The Morgan fingerprint density at radius 3 is 2.58 bits per heavy atom. The van der Waals surface area contributed by atoms with Crippen molar-refractivity contribution in [1.82, 2.24) is 0 Å². The molecular weight excluding hydrogens is 152 g/mol. The molecule has 0 unspecified atom stereocenters. The Labute approximate surface area is 72.0 Å². The van der Waals surface area contributed by atoms with Gasteiger partial charge in [-0.2, -0.15) is 0 Å². The van der Waals surface area contributed by atoms with E-state index in [2.05, 4.69) is 0 Å². The summed E-state index contributed by atoms with van der Waals surface area (Å²) in [7, 11) is 0. The average molecular weight is 164 g/mol. The van der Waals surface area contributed by atoms with Crippen LogP contribution < -0.4 is 0 Å². The van der Waals surface area contributed by atoms with Crippen molar-refractivity contribution in [3.8, 4) is 0 Å². The second-order valence-corrected chi connectivity index (χ2v) is 3.64. The summed E-state index contributed by atoms with van der Waals surface area (Å²) in [6.45, 7) is 3.77. The number of rotatable bonds is 1. The van der Waals surface area contributed by atoms with Crippen molar-refractivity contribution < 1.29 is 9.59 Å². The van der Waals surface area contributed by atoms with Gasteiger partial charge < -0.3 is 0 Å². The highest BCUT2D eigenvalue weighted by Gasteiger charge is 2.28. The van der Waals surface area contributed by atoms with Crippen LogP contribution in [0.3, 0.4) is 0 Å². The molecule has 0 spiro atoms. The van der Waals surface area contributed by atoms with E-state index in [1.165, 1.54) is 6.08 Å². The van der Waals surface area contributed by atoms with E-state index in [4.69, 9.17) is 0 Å². The zero-order chi connectivity index (χ0) is 9.19. The summed E-state index contributed by atoms with van der Waals surface area (Å²) in [6.07, 6.45) is 6.16. The van der Waals surface area contributed by atoms with Crippen LogP contribution in [0.1, 0.15) is 20.3 Å². The number of allylic oxidation sites excluding steroid dienone is 4. The highest BCUT2D eigenvalue weighted by Crippen LogP contribution is 2.30. The molecule has 0 aromatic carbocycles. The van der Waals surface area contributed by atoms with Crippen molar-refractivity contribution in [3.05, 3.63) is 23.8 Å². The monoisotopic (exact) mass is 164 g/mol. The maximum atomic E-state index is 11.3. The minimum atomic E-state index is -0.344. The van der Waals surface area contributed by atoms with Crippen LogP contribution in [-0.2, 0) is 9.59 Å². The van der Waals surface area contributed by atoms with Crippen molar-refractivity contribution in [2.75, 3.05) is 0 Å². The summed E-state index contributed by atoms with van der Waals surface area (Å²) in [6, 6.07) is 0. The molecule has 0 saturated carbocycles. The van der Waals surface area contributed by atoms with Crippen molar-refractivity contribution in [1.29, 1.82) is 0 Å². The molecule has 64 valence electrons. The third-order valence-electron chi connectivity index (χ3n) is 2.04. The molecule has 0 aromatic rings. The standard InChI is InChI=1S/C10H12O2/c1-10(2)7-8(5-6-11)3-4-9(10)12/h3-6H,7H2,1-2H3/b8-5+. The van der Waals surface area contributed by atoms with Crippen LogP contribution in [0.2, 0.25) is 0 Å². The van der Waals surface area contributed by atoms with Gasteiger partial charge in [-0.3, -0.25) is 9.59 Å². The van der Waals surface area contributed by atoms with Crippen molar-refractivity contribution in [3.63, 3.8) is 0 Å². The third-order valence-corrected chi connectivity index (χ3v) is 2.04. The van der Waals surface area contributed by atoms with E-state index in [0.29, 0.717) is 6.42 Å². The van der Waals surface area contributed by atoms with Gasteiger partial charge in [0.05, 0.1) is 0 Å². The van der Waals surface area contributed by atoms with Gasteiger partial charge in [-0.05, 0) is 24.1 Å². The van der Waals surface area contributed by atoms with Gasteiger partial charge in [-0.25, -0.2) is 0 Å². The molecule has 1 aliphatic carbocycles. The SMILES string of the molecule is CC1(C)C/C(=C/C=O)C=CC1=O. The first-order chi connectivity index (χ1) is 5.56. The lowest BCUT2D eigenvalue weighted by Crippen LogP contribution is -2.25. The Hall–Kier alpha value is -1.18. The topological polar surface area (TPSA) is 34.1 Å². The Bertz CT molecular complexity index is 270. The molecule has 0 radical (unpaired) electrons. The third kappa shape index (κ3) is 1.70. The fourth-order valence-electron chi connectivity index (χ4n) is 1.27. The van der Waals surface area contributed by atoms with Gasteiger partial charge in [-0.1, -0.05) is 19.9 Å². The molecule has 0 atom stereocenters. The minimum Gasteiger partial charge on any atom is -0.299 e. The van der Waals surface area contributed by atoms with Crippen molar-refractivity contribution in [2.24, 2.45) is 5.41 Å². The summed E-state index contributed by atoms with van der Waals surface area (Å²) in [4.78, 5) is 21.4. The van der Waals surface area contributed by atoms with Crippen LogP contribution in [0.25, 0.3) is 0 Å². The van der Waals surface area contributed by atoms with Crippen LogP contribution in [0, 0.1) is 5.41 Å². The minimum absolute atomic E-state index is 0.130. The molecule has 0 N–H and O–H groups in total. The van der Waals surface area contributed by atoms with E-state index >= 15 is 0 Å². The number of hydrogen-bond acceptors (Lipinski definition) is 2. The molecule has 0 amide bonds. The molecular formula is C10H12O2. The van der Waals surface area contributed by atoms with Crippen LogP contribution in [0.4, 0.5) is 0 Å². The Morgan fingerprint density at radius 2 is 2.08 bits per heavy atom. The highest BCUT2D eigenvalue weighted by atomic mass is 16.1. The molecule has 0 saturated heterocycles. The first-order valence-corrected chi connectivity index (χ1v) is 3.93. The number of carbonyl (C=O) groups is 2. The van der Waals surface area contributed by atoms with Gasteiger partial charge in [0, 0.05) is 5.41 Å². The van der Waals surface area contributed by atoms with Gasteiger partial charge in [0.25, 0.3) is 0 Å². The number of ketones is 1. The van der Waals surface area contributed by atoms with E-state index in [9.17, 15) is 9.59 Å². The lowest BCUT2D eigenvalue weighted by molar-refractivity contribution is -0.122. The molecule has 0 bridgehead atoms. The zero-order valence-electron chi connectivity index (χ0n) is 7.33. The van der Waals surface area contributed by atoms with Crippen molar-refractivity contribution >= 4 is 12.1 Å². The van der Waals surface area contributed by atoms with E-state index < -0.39 is 0 Å². The lowest BCUT2D eigenvalue weighted by atomic mass is 9.78. The predicted molar refractivity (Wildman–Crippen MR) is 46.7 cm³/mol. The van der Waals surface area contributed by atoms with Gasteiger partial charge in [-0.15, -0.1) is 0 Å². The molecule has 2 nitrogen and oxygen atoms in total. The van der Waals surface area contributed by atoms with E-state index in [1.807, 2.05) is 13.8 Å². The molecule has 1 aliphatic rings. The number of aldehydes is 1. The summed E-state index contributed by atoms with van der Waals surface area (Å²) < 4.78 is 0. The van der Waals surface area contributed by atoms with Crippen LogP contribution in [-0.4, -0.2) is 12.1 Å². The van der Waals surface area contributed by atoms with E-state index in [-0.39, 0.29) is 11.2 Å². The Morgan fingerprint density at radius 1 is 1.42 bits per heavy atom. The molecule has 0 aromatic heterocycles. The highest BCUT2D eigenvalue weighted by molar-refractivity contribution is 5.96. The quantitative estimate of drug-likeness (QED) is 0.436. The summed E-state index contributed by atoms with van der Waals surface area (Å²) >= 11 is 0. The fourth-order valence-corrected chi connectivity index (χ4v) is 1.27. The first kappa shape index (κ1) is 8.91. The molecule has 2 heteroatoms. The second kappa shape index (κ2) is 3.05. The number of hydrogen-bond donors (Lipinski definition) is 0. The zero-order valence-corrected chi connectivity index (χ0v) is 7.33. The maximum Gasteiger partial charge on any atom is 0.161 e. The summed E-state index contributed by atoms with van der Waals surface area (Å²) in [5.41, 5.74) is 0.582. The van der Waals surface area contributed by atoms with E-state index in [1.54, 1.807) is 12.2 Å². The summed E-state index contributed by atoms with van der Waals surface area (Å²) in [5, 5.41) is 0. The van der Waals surface area contributed by atoms with Gasteiger partial charge in [0.1, 0.15) is 6.29 Å². The van der Waals surface area contributed by atoms with Crippen molar-refractivity contribution in [2.45, 2.75) is 20.3 Å². The molecule has 1 rings (SSSR count).